The molecule has 4 nitrogen and oxygen atoms in total. The smallest absolute Gasteiger partial charge is 0.320 e. The van der Waals surface area contributed by atoms with Crippen LogP contribution < -0.4 is 5.32 Å². The summed E-state index contributed by atoms with van der Waals surface area (Å²) < 4.78 is 5.44. The number of piperidine rings is 1. The Labute approximate surface area is 104 Å². The number of aliphatic carboxylic acids is 1. The average Bonchev–Trinajstić information content (AvgIpc) is 2.90. The van der Waals surface area contributed by atoms with Crippen LogP contribution in [0.5, 0.6) is 0 Å². The number of rotatable bonds is 2. The highest BCUT2D eigenvalue weighted by Gasteiger charge is 2.30. The number of thiophene rings is 1. The molecule has 17 heavy (non-hydrogen) atoms. The van der Waals surface area contributed by atoms with Crippen LogP contribution in [0.1, 0.15) is 34.8 Å². The SMILES string of the molecule is O=C(O)C1CC(c2csc3c2COC3)CCN1. The van der Waals surface area contributed by atoms with Gasteiger partial charge in [0.1, 0.15) is 6.04 Å². The fraction of sp³-hybridized carbons (Fsp3) is 0.583. The number of ether oxygens (including phenoxy) is 1. The lowest BCUT2D eigenvalue weighted by Gasteiger charge is -2.28. The monoisotopic (exact) mass is 253 g/mol. The second-order valence-electron chi connectivity index (χ2n) is 4.65. The lowest BCUT2D eigenvalue weighted by Crippen LogP contribution is -2.42. The van der Waals surface area contributed by atoms with E-state index < -0.39 is 12.0 Å². The molecule has 1 fully saturated rings. The molecule has 0 aromatic carbocycles. The number of hydrogen-bond acceptors (Lipinski definition) is 4. The molecule has 3 heterocycles. The summed E-state index contributed by atoms with van der Waals surface area (Å²) in [4.78, 5) is 12.3. The molecular weight excluding hydrogens is 238 g/mol. The van der Waals surface area contributed by atoms with Gasteiger partial charge in [-0.05, 0) is 41.8 Å². The predicted molar refractivity (Wildman–Crippen MR) is 64.2 cm³/mol. The van der Waals surface area contributed by atoms with E-state index in [1.807, 2.05) is 0 Å². The summed E-state index contributed by atoms with van der Waals surface area (Å²) >= 11 is 1.75. The van der Waals surface area contributed by atoms with E-state index in [1.165, 1.54) is 16.0 Å². The van der Waals surface area contributed by atoms with Gasteiger partial charge in [-0.3, -0.25) is 4.79 Å². The number of carboxylic acids is 1. The quantitative estimate of drug-likeness (QED) is 0.842. The number of nitrogens with one attached hydrogen (secondary N) is 1. The fourth-order valence-electron chi connectivity index (χ4n) is 2.70. The Morgan fingerprint density at radius 2 is 2.41 bits per heavy atom. The molecule has 2 atom stereocenters. The van der Waals surface area contributed by atoms with Crippen molar-refractivity contribution in [3.05, 3.63) is 21.4 Å². The lowest BCUT2D eigenvalue weighted by molar-refractivity contribution is -0.140. The highest BCUT2D eigenvalue weighted by atomic mass is 32.1. The first-order valence-electron chi connectivity index (χ1n) is 5.89. The van der Waals surface area contributed by atoms with Crippen LogP contribution in [0, 0.1) is 0 Å². The van der Waals surface area contributed by atoms with Gasteiger partial charge in [0.05, 0.1) is 13.2 Å². The van der Waals surface area contributed by atoms with Gasteiger partial charge in [-0.2, -0.15) is 0 Å². The minimum Gasteiger partial charge on any atom is -0.480 e. The van der Waals surface area contributed by atoms with Crippen LogP contribution in [0.4, 0.5) is 0 Å². The van der Waals surface area contributed by atoms with Crippen molar-refractivity contribution in [1.29, 1.82) is 0 Å². The Morgan fingerprint density at radius 3 is 3.24 bits per heavy atom. The maximum Gasteiger partial charge on any atom is 0.320 e. The average molecular weight is 253 g/mol. The topological polar surface area (TPSA) is 58.6 Å². The molecule has 2 aliphatic rings. The van der Waals surface area contributed by atoms with E-state index in [9.17, 15) is 4.79 Å². The minimum absolute atomic E-state index is 0.374. The molecule has 0 saturated carbocycles. The van der Waals surface area contributed by atoms with E-state index in [4.69, 9.17) is 9.84 Å². The maximum absolute atomic E-state index is 11.0. The van der Waals surface area contributed by atoms with E-state index in [0.29, 0.717) is 18.9 Å². The number of fused-ring (bicyclic) bond motifs is 1. The largest absolute Gasteiger partial charge is 0.480 e. The standard InChI is InChI=1S/C12H15NO3S/c14-12(15)10-3-7(1-2-13-10)9-6-17-11-5-16-4-8(9)11/h6-7,10,13H,1-5H2,(H,14,15). The molecule has 2 aliphatic heterocycles. The normalized spacial score (nSPS) is 28.0. The zero-order valence-electron chi connectivity index (χ0n) is 9.44. The maximum atomic E-state index is 11.0. The van der Waals surface area contributed by atoms with Crippen molar-refractivity contribution in [1.82, 2.24) is 5.32 Å². The molecule has 2 N–H and O–H groups in total. The van der Waals surface area contributed by atoms with E-state index in [2.05, 4.69) is 10.7 Å². The van der Waals surface area contributed by atoms with Gasteiger partial charge in [0.15, 0.2) is 0 Å². The predicted octanol–water partition coefficient (Wildman–Crippen LogP) is 1.70. The van der Waals surface area contributed by atoms with Gasteiger partial charge >= 0.3 is 5.97 Å². The minimum atomic E-state index is -0.738. The van der Waals surface area contributed by atoms with Crippen LogP contribution in [0.25, 0.3) is 0 Å². The van der Waals surface area contributed by atoms with Crippen LogP contribution in [-0.4, -0.2) is 23.7 Å². The van der Waals surface area contributed by atoms with Crippen LogP contribution in [0.3, 0.4) is 0 Å². The summed E-state index contributed by atoms with van der Waals surface area (Å²) in [6.07, 6.45) is 1.71. The van der Waals surface area contributed by atoms with Crippen LogP contribution in [0.2, 0.25) is 0 Å². The zero-order valence-corrected chi connectivity index (χ0v) is 10.3. The number of hydrogen-bond donors (Lipinski definition) is 2. The fourth-order valence-corrected chi connectivity index (χ4v) is 3.77. The molecule has 2 unspecified atom stereocenters. The van der Waals surface area contributed by atoms with E-state index in [0.717, 1.165) is 19.6 Å². The summed E-state index contributed by atoms with van der Waals surface area (Å²) in [6.45, 7) is 2.22. The first kappa shape index (κ1) is 11.2. The first-order valence-corrected chi connectivity index (χ1v) is 6.76. The van der Waals surface area contributed by atoms with Gasteiger partial charge < -0.3 is 15.2 Å². The highest BCUT2D eigenvalue weighted by Crippen LogP contribution is 2.38. The van der Waals surface area contributed by atoms with Gasteiger partial charge in [0, 0.05) is 4.88 Å². The molecule has 0 aliphatic carbocycles. The third-order valence-corrected chi connectivity index (χ3v) is 4.65. The summed E-state index contributed by atoms with van der Waals surface area (Å²) in [5, 5.41) is 14.3. The summed E-state index contributed by atoms with van der Waals surface area (Å²) in [5.74, 6) is -0.364. The molecular formula is C12H15NO3S. The second kappa shape index (κ2) is 4.40. The van der Waals surface area contributed by atoms with Gasteiger partial charge in [-0.15, -0.1) is 11.3 Å². The molecule has 1 aromatic rings. The number of carboxylic acid groups (broad SMARTS) is 1. The van der Waals surface area contributed by atoms with Crippen LogP contribution in [-0.2, 0) is 22.7 Å². The van der Waals surface area contributed by atoms with Crippen molar-refractivity contribution in [3.8, 4) is 0 Å². The molecule has 0 bridgehead atoms. The third kappa shape index (κ3) is 1.99. The summed E-state index contributed by atoms with van der Waals surface area (Å²) in [5.41, 5.74) is 2.65. The Kier molecular flexibility index (Phi) is 2.90. The van der Waals surface area contributed by atoms with Crippen molar-refractivity contribution in [2.45, 2.75) is 38.0 Å². The third-order valence-electron chi connectivity index (χ3n) is 3.63. The van der Waals surface area contributed by atoms with E-state index in [-0.39, 0.29) is 0 Å². The van der Waals surface area contributed by atoms with Gasteiger partial charge in [-0.1, -0.05) is 0 Å². The van der Waals surface area contributed by atoms with Crippen molar-refractivity contribution < 1.29 is 14.6 Å². The second-order valence-corrected chi connectivity index (χ2v) is 5.62. The molecule has 1 saturated heterocycles. The van der Waals surface area contributed by atoms with E-state index in [1.54, 1.807) is 11.3 Å². The Hall–Kier alpha value is -0.910. The number of carbonyl (C=O) groups is 1. The summed E-state index contributed by atoms with van der Waals surface area (Å²) in [6, 6.07) is -0.397. The van der Waals surface area contributed by atoms with Crippen molar-refractivity contribution >= 4 is 17.3 Å². The molecule has 5 heteroatoms. The Bertz CT molecular complexity index is 443. The molecule has 0 amide bonds. The summed E-state index contributed by atoms with van der Waals surface area (Å²) in [7, 11) is 0. The van der Waals surface area contributed by atoms with Gasteiger partial charge in [0.2, 0.25) is 0 Å². The van der Waals surface area contributed by atoms with Crippen LogP contribution >= 0.6 is 11.3 Å². The van der Waals surface area contributed by atoms with Crippen molar-refractivity contribution in [2.24, 2.45) is 0 Å². The van der Waals surface area contributed by atoms with Gasteiger partial charge in [-0.25, -0.2) is 0 Å². The Morgan fingerprint density at radius 1 is 1.53 bits per heavy atom. The molecule has 0 spiro atoms. The zero-order chi connectivity index (χ0) is 11.8. The molecule has 0 radical (unpaired) electrons. The van der Waals surface area contributed by atoms with Crippen molar-refractivity contribution in [2.75, 3.05) is 6.54 Å². The lowest BCUT2D eigenvalue weighted by atomic mass is 9.86. The molecule has 92 valence electrons. The van der Waals surface area contributed by atoms with Crippen molar-refractivity contribution in [3.63, 3.8) is 0 Å². The molecule has 1 aromatic heterocycles. The van der Waals surface area contributed by atoms with E-state index >= 15 is 0 Å². The highest BCUT2D eigenvalue weighted by molar-refractivity contribution is 7.10. The Balaban J connectivity index is 1.81. The molecule has 3 rings (SSSR count). The van der Waals surface area contributed by atoms with Crippen LogP contribution in [0.15, 0.2) is 5.38 Å². The first-order chi connectivity index (χ1) is 8.25. The van der Waals surface area contributed by atoms with Gasteiger partial charge in [0.25, 0.3) is 0 Å².